The summed E-state index contributed by atoms with van der Waals surface area (Å²) < 4.78 is 49.4. The molecule has 1 nitrogen and oxygen atoms in total. The summed E-state index contributed by atoms with van der Waals surface area (Å²) >= 11 is 0. The predicted molar refractivity (Wildman–Crippen MR) is 132 cm³/mol. The Balaban J connectivity index is 1.35. The molecular formula is C30H33F3O. The van der Waals surface area contributed by atoms with Crippen LogP contribution < -0.4 is 4.74 Å². The van der Waals surface area contributed by atoms with E-state index >= 15 is 4.39 Å². The van der Waals surface area contributed by atoms with Crippen LogP contribution in [0.25, 0.3) is 11.1 Å². The first kappa shape index (κ1) is 24.4. The first-order valence-corrected chi connectivity index (χ1v) is 12.5. The van der Waals surface area contributed by atoms with E-state index in [1.807, 2.05) is 37.3 Å². The fraction of sp³-hybridized carbons (Fsp3) is 0.400. The van der Waals surface area contributed by atoms with Gasteiger partial charge in [0, 0.05) is 5.56 Å². The van der Waals surface area contributed by atoms with Crippen molar-refractivity contribution in [3.63, 3.8) is 0 Å². The van der Waals surface area contributed by atoms with E-state index in [0.717, 1.165) is 50.5 Å². The summed E-state index contributed by atoms with van der Waals surface area (Å²) in [6, 6.07) is 16.3. The molecule has 0 saturated heterocycles. The number of ether oxygens (including phenoxy) is 1. The maximum absolute atomic E-state index is 15.0. The molecule has 3 aromatic rings. The standard InChI is InChI=1S/C30H33F3O/c1-3-20-7-12-23(13-8-20)25-16-17-26(30(33)29(25)32)24-14-9-21(10-15-24)5-6-22-11-18-28(34-4-2)27(31)19-22/h7-8,11-13,16-19,21,24H,3-6,9-10,14-15H2,1-2H3. The third-order valence-electron chi connectivity index (χ3n) is 7.21. The minimum absolute atomic E-state index is 0.0465. The van der Waals surface area contributed by atoms with Gasteiger partial charge in [0.15, 0.2) is 23.2 Å². The lowest BCUT2D eigenvalue weighted by Gasteiger charge is -2.29. The van der Waals surface area contributed by atoms with E-state index in [1.54, 1.807) is 24.3 Å². The van der Waals surface area contributed by atoms with Crippen LogP contribution >= 0.6 is 0 Å². The molecule has 1 aliphatic carbocycles. The van der Waals surface area contributed by atoms with Gasteiger partial charge in [0.25, 0.3) is 0 Å². The summed E-state index contributed by atoms with van der Waals surface area (Å²) in [6.45, 7) is 4.35. The van der Waals surface area contributed by atoms with Gasteiger partial charge in [-0.3, -0.25) is 0 Å². The number of rotatable bonds is 8. The van der Waals surface area contributed by atoms with E-state index in [-0.39, 0.29) is 11.7 Å². The SMILES string of the molecule is CCOc1ccc(CCC2CCC(c3ccc(-c4ccc(CC)cc4)c(F)c3F)CC2)cc1F. The molecule has 0 radical (unpaired) electrons. The minimum atomic E-state index is -0.749. The molecule has 0 aromatic heterocycles. The van der Waals surface area contributed by atoms with Crippen LogP contribution in [0.4, 0.5) is 13.2 Å². The molecule has 0 heterocycles. The molecule has 0 spiro atoms. The lowest BCUT2D eigenvalue weighted by atomic mass is 9.76. The molecule has 34 heavy (non-hydrogen) atoms. The third-order valence-corrected chi connectivity index (χ3v) is 7.21. The fourth-order valence-electron chi connectivity index (χ4n) is 5.13. The Labute approximate surface area is 201 Å². The zero-order valence-corrected chi connectivity index (χ0v) is 20.0. The van der Waals surface area contributed by atoms with E-state index < -0.39 is 11.6 Å². The quantitative estimate of drug-likeness (QED) is 0.323. The van der Waals surface area contributed by atoms with E-state index in [2.05, 4.69) is 6.92 Å². The Bertz CT molecular complexity index is 1100. The monoisotopic (exact) mass is 466 g/mol. The molecule has 0 bridgehead atoms. The van der Waals surface area contributed by atoms with Crippen molar-refractivity contribution in [2.24, 2.45) is 5.92 Å². The highest BCUT2D eigenvalue weighted by Crippen LogP contribution is 2.40. The van der Waals surface area contributed by atoms with E-state index in [0.29, 0.717) is 35.0 Å². The van der Waals surface area contributed by atoms with Crippen molar-refractivity contribution in [3.05, 3.63) is 88.7 Å². The number of benzene rings is 3. The molecule has 0 unspecified atom stereocenters. The van der Waals surface area contributed by atoms with E-state index in [1.165, 1.54) is 5.56 Å². The lowest BCUT2D eigenvalue weighted by Crippen LogP contribution is -2.15. The molecule has 0 aliphatic heterocycles. The average molecular weight is 467 g/mol. The van der Waals surface area contributed by atoms with Crippen molar-refractivity contribution in [2.75, 3.05) is 6.61 Å². The van der Waals surface area contributed by atoms with Crippen molar-refractivity contribution in [1.82, 2.24) is 0 Å². The zero-order valence-electron chi connectivity index (χ0n) is 20.0. The number of halogens is 3. The molecule has 0 amide bonds. The number of hydrogen-bond donors (Lipinski definition) is 0. The molecule has 1 fully saturated rings. The second-order valence-corrected chi connectivity index (χ2v) is 9.33. The molecule has 3 aromatic carbocycles. The molecule has 0 N–H and O–H groups in total. The Morgan fingerprint density at radius 3 is 2.15 bits per heavy atom. The Morgan fingerprint density at radius 1 is 0.794 bits per heavy atom. The van der Waals surface area contributed by atoms with Crippen LogP contribution in [0.1, 0.15) is 68.6 Å². The molecule has 0 atom stereocenters. The van der Waals surface area contributed by atoms with Crippen LogP contribution in [-0.4, -0.2) is 6.61 Å². The molecular weight excluding hydrogens is 433 g/mol. The third kappa shape index (κ3) is 5.48. The van der Waals surface area contributed by atoms with Crippen LogP contribution in [0.3, 0.4) is 0 Å². The van der Waals surface area contributed by atoms with E-state index in [9.17, 15) is 8.78 Å². The molecule has 180 valence electrons. The topological polar surface area (TPSA) is 9.23 Å². The van der Waals surface area contributed by atoms with Gasteiger partial charge in [-0.15, -0.1) is 0 Å². The van der Waals surface area contributed by atoms with Gasteiger partial charge in [0.05, 0.1) is 6.61 Å². The van der Waals surface area contributed by atoms with Crippen molar-refractivity contribution in [2.45, 2.75) is 64.7 Å². The van der Waals surface area contributed by atoms with Gasteiger partial charge >= 0.3 is 0 Å². The first-order chi connectivity index (χ1) is 16.5. The fourth-order valence-corrected chi connectivity index (χ4v) is 5.13. The van der Waals surface area contributed by atoms with Gasteiger partial charge in [-0.05, 0) is 98.1 Å². The summed E-state index contributed by atoms with van der Waals surface area (Å²) in [4.78, 5) is 0. The van der Waals surface area contributed by atoms with Crippen LogP contribution in [0.15, 0.2) is 54.6 Å². The smallest absolute Gasteiger partial charge is 0.166 e. The predicted octanol–water partition coefficient (Wildman–Crippen LogP) is 8.64. The first-order valence-electron chi connectivity index (χ1n) is 12.5. The van der Waals surface area contributed by atoms with Gasteiger partial charge in [-0.25, -0.2) is 13.2 Å². The van der Waals surface area contributed by atoms with Gasteiger partial charge in [-0.1, -0.05) is 49.4 Å². The van der Waals surface area contributed by atoms with Crippen molar-refractivity contribution in [1.29, 1.82) is 0 Å². The summed E-state index contributed by atoms with van der Waals surface area (Å²) in [5.74, 6) is -0.901. The average Bonchev–Trinajstić information content (AvgIpc) is 2.86. The molecule has 1 saturated carbocycles. The minimum Gasteiger partial charge on any atom is -0.491 e. The lowest BCUT2D eigenvalue weighted by molar-refractivity contribution is 0.304. The normalized spacial score (nSPS) is 18.1. The van der Waals surface area contributed by atoms with Crippen molar-refractivity contribution < 1.29 is 17.9 Å². The Morgan fingerprint density at radius 2 is 1.50 bits per heavy atom. The van der Waals surface area contributed by atoms with Gasteiger partial charge < -0.3 is 4.74 Å². The Hall–Kier alpha value is -2.75. The van der Waals surface area contributed by atoms with Crippen LogP contribution in [0, 0.1) is 23.4 Å². The van der Waals surface area contributed by atoms with Crippen molar-refractivity contribution >= 4 is 0 Å². The largest absolute Gasteiger partial charge is 0.491 e. The highest BCUT2D eigenvalue weighted by atomic mass is 19.2. The molecule has 4 heteroatoms. The zero-order chi connectivity index (χ0) is 24.1. The van der Waals surface area contributed by atoms with Gasteiger partial charge in [0.2, 0.25) is 0 Å². The molecule has 1 aliphatic rings. The van der Waals surface area contributed by atoms with Crippen LogP contribution in [0.2, 0.25) is 0 Å². The van der Waals surface area contributed by atoms with Crippen LogP contribution in [-0.2, 0) is 12.8 Å². The molecule has 4 rings (SSSR count). The summed E-state index contributed by atoms with van der Waals surface area (Å²) in [5, 5.41) is 0. The number of hydrogen-bond acceptors (Lipinski definition) is 1. The summed E-state index contributed by atoms with van der Waals surface area (Å²) in [5.41, 5.74) is 3.66. The summed E-state index contributed by atoms with van der Waals surface area (Å²) in [6.07, 6.45) is 6.36. The summed E-state index contributed by atoms with van der Waals surface area (Å²) in [7, 11) is 0. The van der Waals surface area contributed by atoms with Crippen molar-refractivity contribution in [3.8, 4) is 16.9 Å². The maximum atomic E-state index is 15.0. The van der Waals surface area contributed by atoms with Gasteiger partial charge in [0.1, 0.15) is 0 Å². The second-order valence-electron chi connectivity index (χ2n) is 9.33. The van der Waals surface area contributed by atoms with Crippen LogP contribution in [0.5, 0.6) is 5.75 Å². The maximum Gasteiger partial charge on any atom is 0.166 e. The number of aryl methyl sites for hydroxylation is 2. The Kier molecular flexibility index (Phi) is 7.97. The van der Waals surface area contributed by atoms with Gasteiger partial charge in [-0.2, -0.15) is 0 Å². The highest BCUT2D eigenvalue weighted by molar-refractivity contribution is 5.65. The highest BCUT2D eigenvalue weighted by Gasteiger charge is 2.26. The second kappa shape index (κ2) is 11.1. The van der Waals surface area contributed by atoms with E-state index in [4.69, 9.17) is 4.74 Å².